The lowest BCUT2D eigenvalue weighted by Gasteiger charge is -2.13. The first-order valence-electron chi connectivity index (χ1n) is 6.08. The molecule has 2 heterocycles. The molecule has 0 aromatic carbocycles. The van der Waals surface area contributed by atoms with Crippen LogP contribution in [0.25, 0.3) is 0 Å². The van der Waals surface area contributed by atoms with Gasteiger partial charge in [0.25, 0.3) is 5.91 Å². The van der Waals surface area contributed by atoms with Crippen molar-refractivity contribution >= 4 is 5.91 Å². The Bertz CT molecular complexity index is 580. The molecule has 0 aliphatic rings. The zero-order valence-corrected chi connectivity index (χ0v) is 11.2. The van der Waals surface area contributed by atoms with E-state index >= 15 is 0 Å². The van der Waals surface area contributed by atoms with E-state index in [4.69, 9.17) is 0 Å². The van der Waals surface area contributed by atoms with Crippen LogP contribution in [0.1, 0.15) is 34.4 Å². The summed E-state index contributed by atoms with van der Waals surface area (Å²) in [5.41, 5.74) is 2.80. The van der Waals surface area contributed by atoms with Crippen LogP contribution < -0.4 is 5.32 Å². The van der Waals surface area contributed by atoms with Gasteiger partial charge in [-0.25, -0.2) is 4.63 Å². The molecule has 0 radical (unpaired) electrons. The lowest BCUT2D eigenvalue weighted by Crippen LogP contribution is -2.35. The van der Waals surface area contributed by atoms with Crippen LogP contribution in [0.5, 0.6) is 0 Å². The van der Waals surface area contributed by atoms with Crippen molar-refractivity contribution in [3.8, 4) is 0 Å². The molecule has 100 valence electrons. The first-order chi connectivity index (χ1) is 9.08. The topological polar surface area (TPSA) is 80.9 Å². The molecule has 6 nitrogen and oxygen atoms in total. The number of hydrogen-bond donors (Lipinski definition) is 1. The minimum Gasteiger partial charge on any atom is -0.348 e. The van der Waals surface area contributed by atoms with Gasteiger partial charge in [0.15, 0.2) is 5.69 Å². The summed E-state index contributed by atoms with van der Waals surface area (Å²) in [6.45, 7) is 5.61. The maximum absolute atomic E-state index is 11.9. The van der Waals surface area contributed by atoms with Crippen LogP contribution in [0.4, 0.5) is 0 Å². The predicted molar refractivity (Wildman–Crippen MR) is 68.6 cm³/mol. The molecule has 2 rings (SSSR count). The summed E-state index contributed by atoms with van der Waals surface area (Å²) in [5.74, 6) is -0.278. The molecule has 1 amide bonds. The van der Waals surface area contributed by atoms with Crippen molar-refractivity contribution in [3.63, 3.8) is 0 Å². The lowest BCUT2D eigenvalue weighted by atomic mass is 10.1. The molecule has 2 aromatic heterocycles. The van der Waals surface area contributed by atoms with Gasteiger partial charge in [-0.2, -0.15) is 0 Å². The van der Waals surface area contributed by atoms with Crippen LogP contribution in [0, 0.1) is 13.8 Å². The average molecular weight is 260 g/mol. The fourth-order valence-corrected chi connectivity index (χ4v) is 1.80. The number of carbonyl (C=O) groups excluding carboxylic acids is 1. The average Bonchev–Trinajstić information content (AvgIpc) is 2.78. The van der Waals surface area contributed by atoms with Crippen molar-refractivity contribution < 1.29 is 9.42 Å². The van der Waals surface area contributed by atoms with E-state index in [2.05, 4.69) is 25.2 Å². The molecular formula is C13H16N4O2. The molecule has 6 heteroatoms. The first-order valence-corrected chi connectivity index (χ1v) is 6.08. The molecule has 1 N–H and O–H groups in total. The summed E-state index contributed by atoms with van der Waals surface area (Å²) >= 11 is 0. The molecule has 0 spiro atoms. The van der Waals surface area contributed by atoms with E-state index in [1.54, 1.807) is 13.1 Å². The highest BCUT2D eigenvalue weighted by Gasteiger charge is 2.17. The molecular weight excluding hydrogens is 244 g/mol. The van der Waals surface area contributed by atoms with E-state index in [-0.39, 0.29) is 17.6 Å². The van der Waals surface area contributed by atoms with Gasteiger partial charge in [0.1, 0.15) is 5.69 Å². The van der Waals surface area contributed by atoms with Crippen LogP contribution >= 0.6 is 0 Å². The van der Waals surface area contributed by atoms with Crippen LogP contribution in [0.3, 0.4) is 0 Å². The van der Waals surface area contributed by atoms with Gasteiger partial charge in [0, 0.05) is 24.4 Å². The number of rotatable bonds is 4. The third kappa shape index (κ3) is 3.15. The molecule has 0 aliphatic heterocycles. The third-order valence-corrected chi connectivity index (χ3v) is 2.86. The number of nitrogens with one attached hydrogen (secondary N) is 1. The van der Waals surface area contributed by atoms with Gasteiger partial charge in [-0.15, -0.1) is 0 Å². The highest BCUT2D eigenvalue weighted by Crippen LogP contribution is 2.07. The molecule has 0 saturated heterocycles. The van der Waals surface area contributed by atoms with Crippen molar-refractivity contribution in [2.24, 2.45) is 0 Å². The molecule has 0 fully saturated rings. The highest BCUT2D eigenvalue weighted by molar-refractivity contribution is 5.93. The number of carbonyl (C=O) groups is 1. The molecule has 19 heavy (non-hydrogen) atoms. The maximum Gasteiger partial charge on any atom is 0.275 e. The minimum absolute atomic E-state index is 0.0443. The minimum atomic E-state index is -0.278. The Morgan fingerprint density at radius 3 is 2.84 bits per heavy atom. The van der Waals surface area contributed by atoms with Crippen LogP contribution in [0.2, 0.25) is 0 Å². The van der Waals surface area contributed by atoms with E-state index in [9.17, 15) is 4.79 Å². The van der Waals surface area contributed by atoms with E-state index in [1.165, 1.54) is 0 Å². The Morgan fingerprint density at radius 2 is 2.21 bits per heavy atom. The smallest absolute Gasteiger partial charge is 0.275 e. The Kier molecular flexibility index (Phi) is 3.89. The van der Waals surface area contributed by atoms with Crippen LogP contribution in [0.15, 0.2) is 23.0 Å². The van der Waals surface area contributed by atoms with Gasteiger partial charge in [-0.3, -0.25) is 9.78 Å². The van der Waals surface area contributed by atoms with Crippen molar-refractivity contribution in [2.75, 3.05) is 0 Å². The molecule has 0 bridgehead atoms. The summed E-state index contributed by atoms with van der Waals surface area (Å²) in [6.07, 6.45) is 2.42. The van der Waals surface area contributed by atoms with E-state index < -0.39 is 0 Å². The molecule has 0 aliphatic carbocycles. The number of aromatic nitrogens is 3. The van der Waals surface area contributed by atoms with E-state index in [0.717, 1.165) is 11.3 Å². The zero-order valence-electron chi connectivity index (χ0n) is 11.2. The van der Waals surface area contributed by atoms with Crippen molar-refractivity contribution in [1.82, 2.24) is 20.6 Å². The molecule has 0 unspecified atom stereocenters. The second-order valence-electron chi connectivity index (χ2n) is 4.54. The number of nitrogens with zero attached hydrogens (tertiary/aromatic N) is 3. The van der Waals surface area contributed by atoms with Crippen molar-refractivity contribution in [1.29, 1.82) is 0 Å². The summed E-state index contributed by atoms with van der Waals surface area (Å²) in [4.78, 5) is 16.2. The summed E-state index contributed by atoms with van der Waals surface area (Å²) in [5, 5.41) is 10.0. The van der Waals surface area contributed by atoms with Crippen LogP contribution in [-0.2, 0) is 6.42 Å². The quantitative estimate of drug-likeness (QED) is 0.899. The van der Waals surface area contributed by atoms with Gasteiger partial charge < -0.3 is 5.32 Å². The largest absolute Gasteiger partial charge is 0.348 e. The number of hydrogen-bond acceptors (Lipinski definition) is 5. The van der Waals surface area contributed by atoms with E-state index in [1.807, 2.05) is 26.0 Å². The zero-order chi connectivity index (χ0) is 13.8. The SMILES string of the molecule is Cc1cccnc1C[C@H](C)NC(=O)c1nonc1C. The highest BCUT2D eigenvalue weighted by atomic mass is 16.6. The van der Waals surface area contributed by atoms with Gasteiger partial charge in [-0.05, 0) is 37.6 Å². The fourth-order valence-electron chi connectivity index (χ4n) is 1.80. The Balaban J connectivity index is 1.99. The predicted octanol–water partition coefficient (Wildman–Crippen LogP) is 1.44. The van der Waals surface area contributed by atoms with Gasteiger partial charge in [-0.1, -0.05) is 11.2 Å². The second kappa shape index (κ2) is 5.60. The van der Waals surface area contributed by atoms with Gasteiger partial charge in [0.2, 0.25) is 0 Å². The second-order valence-corrected chi connectivity index (χ2v) is 4.54. The number of amides is 1. The molecule has 1 atom stereocenters. The summed E-state index contributed by atoms with van der Waals surface area (Å²) in [7, 11) is 0. The Labute approximate surface area is 111 Å². The normalized spacial score (nSPS) is 12.2. The fraction of sp³-hybridized carbons (Fsp3) is 0.385. The standard InChI is InChI=1S/C13H16N4O2/c1-8-5-4-6-14-11(8)7-9(2)15-13(18)12-10(3)16-19-17-12/h4-6,9H,7H2,1-3H3,(H,15,18)/t9-/m0/s1. The molecule has 2 aromatic rings. The van der Waals surface area contributed by atoms with Crippen molar-refractivity contribution in [3.05, 3.63) is 41.0 Å². The summed E-state index contributed by atoms with van der Waals surface area (Å²) < 4.78 is 4.51. The van der Waals surface area contributed by atoms with Gasteiger partial charge in [0.05, 0.1) is 0 Å². The number of aryl methyl sites for hydroxylation is 2. The Morgan fingerprint density at radius 1 is 1.42 bits per heavy atom. The van der Waals surface area contributed by atoms with E-state index in [0.29, 0.717) is 12.1 Å². The molecule has 0 saturated carbocycles. The van der Waals surface area contributed by atoms with Gasteiger partial charge >= 0.3 is 0 Å². The number of pyridine rings is 1. The Hall–Kier alpha value is -2.24. The maximum atomic E-state index is 11.9. The first kappa shape index (κ1) is 13.2. The lowest BCUT2D eigenvalue weighted by molar-refractivity contribution is 0.0929. The summed E-state index contributed by atoms with van der Waals surface area (Å²) in [6, 6.07) is 3.85. The third-order valence-electron chi connectivity index (χ3n) is 2.86. The van der Waals surface area contributed by atoms with Crippen molar-refractivity contribution in [2.45, 2.75) is 33.2 Å². The monoisotopic (exact) mass is 260 g/mol. The van der Waals surface area contributed by atoms with Crippen LogP contribution in [-0.4, -0.2) is 27.2 Å².